The lowest BCUT2D eigenvalue weighted by Gasteiger charge is -2.34. The van der Waals surface area contributed by atoms with Crippen LogP contribution in [0.3, 0.4) is 0 Å². The van der Waals surface area contributed by atoms with Crippen LogP contribution in [0.15, 0.2) is 16.5 Å². The van der Waals surface area contributed by atoms with Crippen LogP contribution in [-0.2, 0) is 16.0 Å². The highest BCUT2D eigenvalue weighted by Crippen LogP contribution is 2.42. The maximum Gasteiger partial charge on any atom is 0.289 e. The van der Waals surface area contributed by atoms with Crippen molar-refractivity contribution >= 4 is 11.8 Å². The minimum absolute atomic E-state index is 0.0201. The Balaban J connectivity index is 1.81. The van der Waals surface area contributed by atoms with E-state index in [9.17, 15) is 9.59 Å². The standard InChI is InChI=1S/C15H20N2O4/c1-2-11-3-4-12(21-11)13(18)17-7-10-8-20-6-5-15(10,9-17)14(16)19/h3-4,10H,2,5-9H2,1H3,(H2,16,19)/t10-,15+/m1/s1. The fourth-order valence-corrected chi connectivity index (χ4v) is 3.35. The van der Waals surface area contributed by atoms with E-state index in [-0.39, 0.29) is 17.7 Å². The van der Waals surface area contributed by atoms with Crippen molar-refractivity contribution in [2.24, 2.45) is 17.1 Å². The van der Waals surface area contributed by atoms with Gasteiger partial charge in [0.15, 0.2) is 5.76 Å². The van der Waals surface area contributed by atoms with E-state index >= 15 is 0 Å². The largest absolute Gasteiger partial charge is 0.456 e. The first-order valence-corrected chi connectivity index (χ1v) is 7.32. The molecular weight excluding hydrogens is 272 g/mol. The van der Waals surface area contributed by atoms with E-state index in [4.69, 9.17) is 14.9 Å². The predicted molar refractivity (Wildman–Crippen MR) is 74.5 cm³/mol. The Morgan fingerprint density at radius 2 is 2.29 bits per heavy atom. The number of nitrogens with zero attached hydrogens (tertiary/aromatic N) is 1. The Kier molecular flexibility index (Phi) is 3.49. The van der Waals surface area contributed by atoms with Crippen LogP contribution < -0.4 is 5.73 Å². The quantitative estimate of drug-likeness (QED) is 0.893. The Labute approximate surface area is 123 Å². The van der Waals surface area contributed by atoms with Gasteiger partial charge in [-0.3, -0.25) is 9.59 Å². The Morgan fingerprint density at radius 1 is 1.48 bits per heavy atom. The third kappa shape index (κ3) is 2.23. The monoisotopic (exact) mass is 292 g/mol. The van der Waals surface area contributed by atoms with Crippen LogP contribution in [0.4, 0.5) is 0 Å². The summed E-state index contributed by atoms with van der Waals surface area (Å²) < 4.78 is 11.0. The van der Waals surface area contributed by atoms with Crippen molar-refractivity contribution in [2.45, 2.75) is 19.8 Å². The van der Waals surface area contributed by atoms with Crippen molar-refractivity contribution in [3.05, 3.63) is 23.7 Å². The molecule has 114 valence electrons. The molecule has 0 bridgehead atoms. The summed E-state index contributed by atoms with van der Waals surface area (Å²) in [5.41, 5.74) is 4.97. The highest BCUT2D eigenvalue weighted by atomic mass is 16.5. The molecule has 0 saturated carbocycles. The van der Waals surface area contributed by atoms with E-state index in [1.54, 1.807) is 11.0 Å². The van der Waals surface area contributed by atoms with Crippen molar-refractivity contribution in [1.82, 2.24) is 4.90 Å². The minimum atomic E-state index is -0.645. The molecule has 2 amide bonds. The van der Waals surface area contributed by atoms with Crippen molar-refractivity contribution < 1.29 is 18.7 Å². The number of likely N-dealkylation sites (tertiary alicyclic amines) is 1. The summed E-state index contributed by atoms with van der Waals surface area (Å²) in [5, 5.41) is 0. The molecule has 1 aromatic heterocycles. The molecule has 2 fully saturated rings. The lowest BCUT2D eigenvalue weighted by Crippen LogP contribution is -2.48. The zero-order valence-corrected chi connectivity index (χ0v) is 12.1. The van der Waals surface area contributed by atoms with Crippen molar-refractivity contribution in [2.75, 3.05) is 26.3 Å². The number of carbonyl (C=O) groups excluding carboxylic acids is 2. The highest BCUT2D eigenvalue weighted by Gasteiger charge is 2.53. The number of amides is 2. The molecule has 0 spiro atoms. The van der Waals surface area contributed by atoms with Gasteiger partial charge in [0.25, 0.3) is 5.91 Å². The third-order valence-electron chi connectivity index (χ3n) is 4.71. The maximum absolute atomic E-state index is 12.5. The number of rotatable bonds is 3. The Morgan fingerprint density at radius 3 is 2.90 bits per heavy atom. The molecular formula is C15H20N2O4. The molecule has 2 aliphatic rings. The minimum Gasteiger partial charge on any atom is -0.456 e. The summed E-state index contributed by atoms with van der Waals surface area (Å²) in [6.07, 6.45) is 1.32. The molecule has 3 rings (SSSR count). The second-order valence-electron chi connectivity index (χ2n) is 5.85. The first-order chi connectivity index (χ1) is 10.1. The maximum atomic E-state index is 12.5. The molecule has 3 heterocycles. The topological polar surface area (TPSA) is 85.8 Å². The van der Waals surface area contributed by atoms with Gasteiger partial charge in [-0.1, -0.05) is 6.92 Å². The number of nitrogens with two attached hydrogens (primary N) is 1. The molecule has 6 heteroatoms. The van der Waals surface area contributed by atoms with Gasteiger partial charge < -0.3 is 19.8 Å². The number of primary amides is 1. The SMILES string of the molecule is CCc1ccc(C(=O)N2C[C@@H]3COCC[C@]3(C(N)=O)C2)o1. The van der Waals surface area contributed by atoms with Crippen molar-refractivity contribution in [3.63, 3.8) is 0 Å². The van der Waals surface area contributed by atoms with Gasteiger partial charge in [0.2, 0.25) is 5.91 Å². The molecule has 2 aliphatic heterocycles. The summed E-state index contributed by atoms with van der Waals surface area (Å²) >= 11 is 0. The molecule has 6 nitrogen and oxygen atoms in total. The number of ether oxygens (including phenoxy) is 1. The van der Waals surface area contributed by atoms with Crippen LogP contribution >= 0.6 is 0 Å². The fraction of sp³-hybridized carbons (Fsp3) is 0.600. The lowest BCUT2D eigenvalue weighted by molar-refractivity contribution is -0.135. The summed E-state index contributed by atoms with van der Waals surface area (Å²) in [6, 6.07) is 3.50. The van der Waals surface area contributed by atoms with Crippen LogP contribution in [0, 0.1) is 11.3 Å². The van der Waals surface area contributed by atoms with E-state index in [0.717, 1.165) is 12.2 Å². The number of hydrogen-bond acceptors (Lipinski definition) is 4. The average Bonchev–Trinajstić information content (AvgIpc) is 3.11. The molecule has 2 saturated heterocycles. The lowest BCUT2D eigenvalue weighted by atomic mass is 9.74. The highest BCUT2D eigenvalue weighted by molar-refractivity contribution is 5.93. The molecule has 21 heavy (non-hydrogen) atoms. The van der Waals surface area contributed by atoms with Crippen LogP contribution in [0.5, 0.6) is 0 Å². The smallest absolute Gasteiger partial charge is 0.289 e. The van der Waals surface area contributed by atoms with Gasteiger partial charge in [-0.05, 0) is 18.6 Å². The van der Waals surface area contributed by atoms with E-state index < -0.39 is 5.41 Å². The van der Waals surface area contributed by atoms with Crippen molar-refractivity contribution in [3.8, 4) is 0 Å². The predicted octanol–water partition coefficient (Wildman–Crippen LogP) is 0.806. The van der Waals surface area contributed by atoms with Crippen LogP contribution in [0.25, 0.3) is 0 Å². The van der Waals surface area contributed by atoms with Gasteiger partial charge >= 0.3 is 0 Å². The first-order valence-electron chi connectivity index (χ1n) is 7.32. The van der Waals surface area contributed by atoms with E-state index in [0.29, 0.717) is 38.5 Å². The number of carbonyl (C=O) groups is 2. The van der Waals surface area contributed by atoms with Gasteiger partial charge in [0.1, 0.15) is 5.76 Å². The average molecular weight is 292 g/mol. The zero-order valence-electron chi connectivity index (χ0n) is 12.1. The van der Waals surface area contributed by atoms with Gasteiger partial charge in [0, 0.05) is 32.0 Å². The third-order valence-corrected chi connectivity index (χ3v) is 4.71. The summed E-state index contributed by atoms with van der Waals surface area (Å²) in [5.74, 6) is 0.576. The number of hydrogen-bond donors (Lipinski definition) is 1. The Bertz CT molecular complexity index is 568. The van der Waals surface area contributed by atoms with E-state index in [1.807, 2.05) is 13.0 Å². The van der Waals surface area contributed by atoms with Gasteiger partial charge in [-0.25, -0.2) is 0 Å². The van der Waals surface area contributed by atoms with Crippen LogP contribution in [0.1, 0.15) is 29.7 Å². The molecule has 2 atom stereocenters. The zero-order chi connectivity index (χ0) is 15.0. The van der Waals surface area contributed by atoms with Gasteiger partial charge in [-0.15, -0.1) is 0 Å². The van der Waals surface area contributed by atoms with Gasteiger partial charge in [-0.2, -0.15) is 0 Å². The normalized spacial score (nSPS) is 28.4. The summed E-state index contributed by atoms with van der Waals surface area (Å²) in [7, 11) is 0. The summed E-state index contributed by atoms with van der Waals surface area (Å²) in [4.78, 5) is 26.1. The van der Waals surface area contributed by atoms with E-state index in [1.165, 1.54) is 0 Å². The van der Waals surface area contributed by atoms with Crippen molar-refractivity contribution in [1.29, 1.82) is 0 Å². The Hall–Kier alpha value is -1.82. The first kappa shape index (κ1) is 14.1. The molecule has 2 N–H and O–H groups in total. The fourth-order valence-electron chi connectivity index (χ4n) is 3.35. The summed E-state index contributed by atoms with van der Waals surface area (Å²) in [6.45, 7) is 3.81. The van der Waals surface area contributed by atoms with E-state index in [2.05, 4.69) is 0 Å². The second-order valence-corrected chi connectivity index (χ2v) is 5.85. The van der Waals surface area contributed by atoms with Crippen LogP contribution in [-0.4, -0.2) is 43.0 Å². The number of furan rings is 1. The molecule has 1 aromatic rings. The molecule has 0 aromatic carbocycles. The van der Waals surface area contributed by atoms with Crippen LogP contribution in [0.2, 0.25) is 0 Å². The molecule has 0 radical (unpaired) electrons. The van der Waals surface area contributed by atoms with Gasteiger partial charge in [0.05, 0.1) is 12.0 Å². The second kappa shape index (κ2) is 5.18. The number of fused-ring (bicyclic) bond motifs is 1. The number of aryl methyl sites for hydroxylation is 1. The molecule has 0 aliphatic carbocycles. The molecule has 0 unspecified atom stereocenters.